The molecule has 0 unspecified atom stereocenters. The second kappa shape index (κ2) is 6.76. The van der Waals surface area contributed by atoms with E-state index in [-0.39, 0.29) is 5.84 Å². The number of aromatic nitrogens is 2. The van der Waals surface area contributed by atoms with Crippen LogP contribution in [0.4, 0.5) is 0 Å². The van der Waals surface area contributed by atoms with Crippen molar-refractivity contribution in [2.75, 3.05) is 7.11 Å². The maximum absolute atomic E-state index is 8.79. The van der Waals surface area contributed by atoms with Crippen molar-refractivity contribution in [3.63, 3.8) is 0 Å². The molecule has 0 aliphatic heterocycles. The lowest BCUT2D eigenvalue weighted by Gasteiger charge is -2.09. The number of methoxy groups -OCH3 is 1. The molecular formula is C13H14N4O2S. The molecule has 7 heteroatoms. The van der Waals surface area contributed by atoms with E-state index in [4.69, 9.17) is 15.7 Å². The minimum atomic E-state index is 0.0215. The molecule has 0 saturated carbocycles. The molecule has 2 rings (SSSR count). The topological polar surface area (TPSA) is 93.6 Å². The molecule has 104 valence electrons. The zero-order valence-electron chi connectivity index (χ0n) is 10.9. The highest BCUT2D eigenvalue weighted by Crippen LogP contribution is 2.24. The Morgan fingerprint density at radius 2 is 2.30 bits per heavy atom. The number of thioether (sulfide) groups is 1. The molecule has 20 heavy (non-hydrogen) atoms. The Kier molecular flexibility index (Phi) is 4.78. The third-order valence-electron chi connectivity index (χ3n) is 2.57. The lowest BCUT2D eigenvalue weighted by molar-refractivity contribution is 0.318. The average molecular weight is 290 g/mol. The molecule has 1 aromatic carbocycles. The van der Waals surface area contributed by atoms with Crippen LogP contribution in [0.3, 0.4) is 0 Å². The third-order valence-corrected chi connectivity index (χ3v) is 3.56. The van der Waals surface area contributed by atoms with Gasteiger partial charge in [-0.2, -0.15) is 0 Å². The van der Waals surface area contributed by atoms with Gasteiger partial charge in [-0.05, 0) is 17.7 Å². The van der Waals surface area contributed by atoms with Crippen molar-refractivity contribution < 1.29 is 9.94 Å². The van der Waals surface area contributed by atoms with Gasteiger partial charge in [0.2, 0.25) is 0 Å². The van der Waals surface area contributed by atoms with Crippen molar-refractivity contribution in [3.8, 4) is 5.75 Å². The van der Waals surface area contributed by atoms with Crippen LogP contribution in [0.15, 0.2) is 47.0 Å². The maximum Gasteiger partial charge on any atom is 0.173 e. The van der Waals surface area contributed by atoms with Crippen molar-refractivity contribution in [2.45, 2.75) is 10.8 Å². The maximum atomic E-state index is 8.79. The number of nitrogens with zero attached hydrogens (tertiary/aromatic N) is 3. The van der Waals surface area contributed by atoms with E-state index in [2.05, 4.69) is 15.1 Å². The van der Waals surface area contributed by atoms with Gasteiger partial charge in [-0.1, -0.05) is 11.2 Å². The standard InChI is InChI=1S/C13H14N4O2S/c1-19-11-3-2-9(6-10(11)13(14)17-18)8-20-12-7-15-4-5-16-12/h2-7,18H,8H2,1H3,(H2,14,17). The summed E-state index contributed by atoms with van der Waals surface area (Å²) in [5, 5.41) is 12.6. The average Bonchev–Trinajstić information content (AvgIpc) is 2.52. The molecular weight excluding hydrogens is 276 g/mol. The summed E-state index contributed by atoms with van der Waals surface area (Å²) in [6, 6.07) is 5.55. The SMILES string of the molecule is COc1ccc(CSc2cnccn2)cc1C(N)=NO. The number of hydrogen-bond donors (Lipinski definition) is 2. The zero-order chi connectivity index (χ0) is 14.4. The number of oxime groups is 1. The second-order valence-corrected chi connectivity index (χ2v) is 4.85. The van der Waals surface area contributed by atoms with Crippen molar-refractivity contribution in [1.82, 2.24) is 9.97 Å². The molecule has 2 aromatic rings. The van der Waals surface area contributed by atoms with Crippen molar-refractivity contribution in [3.05, 3.63) is 47.9 Å². The van der Waals surface area contributed by atoms with Gasteiger partial charge in [0.15, 0.2) is 5.84 Å². The third kappa shape index (κ3) is 3.39. The van der Waals surface area contributed by atoms with Crippen LogP contribution in [0.5, 0.6) is 5.75 Å². The lowest BCUT2D eigenvalue weighted by atomic mass is 10.1. The van der Waals surface area contributed by atoms with Crippen LogP contribution in [-0.4, -0.2) is 28.1 Å². The summed E-state index contributed by atoms with van der Waals surface area (Å²) in [6.07, 6.45) is 4.99. The first-order valence-electron chi connectivity index (χ1n) is 5.78. The first-order chi connectivity index (χ1) is 9.74. The van der Waals surface area contributed by atoms with Gasteiger partial charge in [0.05, 0.1) is 18.9 Å². The molecule has 0 amide bonds. The van der Waals surface area contributed by atoms with E-state index in [1.54, 1.807) is 36.4 Å². The summed E-state index contributed by atoms with van der Waals surface area (Å²) < 4.78 is 5.18. The molecule has 0 bridgehead atoms. The molecule has 0 saturated heterocycles. The Hall–Kier alpha value is -2.28. The van der Waals surface area contributed by atoms with Crippen LogP contribution in [0, 0.1) is 0 Å². The summed E-state index contributed by atoms with van der Waals surface area (Å²) in [5.74, 6) is 1.29. The summed E-state index contributed by atoms with van der Waals surface area (Å²) in [5.41, 5.74) is 7.22. The Labute approximate surface area is 120 Å². The molecule has 0 radical (unpaired) electrons. The molecule has 1 heterocycles. The van der Waals surface area contributed by atoms with Gasteiger partial charge in [-0.25, -0.2) is 4.98 Å². The fraction of sp³-hybridized carbons (Fsp3) is 0.154. The van der Waals surface area contributed by atoms with E-state index in [9.17, 15) is 0 Å². The van der Waals surface area contributed by atoms with Gasteiger partial charge in [0.1, 0.15) is 10.8 Å². The molecule has 1 aromatic heterocycles. The summed E-state index contributed by atoms with van der Waals surface area (Å²) in [4.78, 5) is 8.20. The number of hydrogen-bond acceptors (Lipinski definition) is 6. The number of rotatable bonds is 5. The largest absolute Gasteiger partial charge is 0.496 e. The van der Waals surface area contributed by atoms with E-state index in [1.165, 1.54) is 7.11 Å². The van der Waals surface area contributed by atoms with Gasteiger partial charge >= 0.3 is 0 Å². The van der Waals surface area contributed by atoms with E-state index < -0.39 is 0 Å². The minimum absolute atomic E-state index is 0.0215. The summed E-state index contributed by atoms with van der Waals surface area (Å²) in [6.45, 7) is 0. The van der Waals surface area contributed by atoms with Gasteiger partial charge in [0, 0.05) is 18.1 Å². The van der Waals surface area contributed by atoms with Crippen molar-refractivity contribution in [1.29, 1.82) is 0 Å². The minimum Gasteiger partial charge on any atom is -0.496 e. The predicted octanol–water partition coefficient (Wildman–Crippen LogP) is 1.87. The number of ether oxygens (including phenoxy) is 1. The van der Waals surface area contributed by atoms with Crippen molar-refractivity contribution >= 4 is 17.6 Å². The van der Waals surface area contributed by atoms with Gasteiger partial charge in [0.25, 0.3) is 0 Å². The van der Waals surface area contributed by atoms with E-state index >= 15 is 0 Å². The van der Waals surface area contributed by atoms with Gasteiger partial charge in [-0.3, -0.25) is 4.98 Å². The Morgan fingerprint density at radius 3 is 2.95 bits per heavy atom. The van der Waals surface area contributed by atoms with Crippen LogP contribution in [0.1, 0.15) is 11.1 Å². The molecule has 6 nitrogen and oxygen atoms in total. The highest BCUT2D eigenvalue weighted by atomic mass is 32.2. The highest BCUT2D eigenvalue weighted by Gasteiger charge is 2.09. The van der Waals surface area contributed by atoms with E-state index in [1.807, 2.05) is 12.1 Å². The predicted molar refractivity (Wildman–Crippen MR) is 77.1 cm³/mol. The van der Waals surface area contributed by atoms with E-state index in [0.29, 0.717) is 17.1 Å². The molecule has 0 spiro atoms. The fourth-order valence-electron chi connectivity index (χ4n) is 1.62. The normalized spacial score (nSPS) is 11.3. The van der Waals surface area contributed by atoms with Crippen LogP contribution >= 0.6 is 11.8 Å². The molecule has 0 aliphatic rings. The Bertz CT molecular complexity index is 605. The summed E-state index contributed by atoms with van der Waals surface area (Å²) >= 11 is 1.56. The lowest BCUT2D eigenvalue weighted by Crippen LogP contribution is -2.14. The molecule has 0 fully saturated rings. The quantitative estimate of drug-likeness (QED) is 0.287. The zero-order valence-corrected chi connectivity index (χ0v) is 11.7. The Balaban J connectivity index is 2.17. The van der Waals surface area contributed by atoms with Crippen LogP contribution in [-0.2, 0) is 5.75 Å². The number of benzene rings is 1. The molecule has 3 N–H and O–H groups in total. The first kappa shape index (κ1) is 14.1. The molecule has 0 aliphatic carbocycles. The van der Waals surface area contributed by atoms with Gasteiger partial charge in [-0.15, -0.1) is 11.8 Å². The summed E-state index contributed by atoms with van der Waals surface area (Å²) in [7, 11) is 1.54. The Morgan fingerprint density at radius 1 is 1.45 bits per heavy atom. The fourth-order valence-corrected chi connectivity index (χ4v) is 2.38. The smallest absolute Gasteiger partial charge is 0.173 e. The van der Waals surface area contributed by atoms with Crippen LogP contribution < -0.4 is 10.5 Å². The molecule has 0 atom stereocenters. The number of nitrogens with two attached hydrogens (primary N) is 1. The monoisotopic (exact) mass is 290 g/mol. The second-order valence-electron chi connectivity index (χ2n) is 3.85. The van der Waals surface area contributed by atoms with E-state index in [0.717, 1.165) is 10.6 Å². The van der Waals surface area contributed by atoms with Crippen molar-refractivity contribution in [2.24, 2.45) is 10.9 Å². The van der Waals surface area contributed by atoms with Crippen LogP contribution in [0.2, 0.25) is 0 Å². The number of amidine groups is 1. The highest BCUT2D eigenvalue weighted by molar-refractivity contribution is 7.98. The van der Waals surface area contributed by atoms with Gasteiger partial charge < -0.3 is 15.7 Å². The first-order valence-corrected chi connectivity index (χ1v) is 6.76. The van der Waals surface area contributed by atoms with Crippen LogP contribution in [0.25, 0.3) is 0 Å².